The highest BCUT2D eigenvalue weighted by atomic mass is 15.2. The van der Waals surface area contributed by atoms with E-state index in [-0.39, 0.29) is 0 Å². The van der Waals surface area contributed by atoms with Crippen LogP contribution < -0.4 is 4.90 Å². The minimum atomic E-state index is -0.778. The number of hydrogen-bond acceptors (Lipinski definition) is 5. The van der Waals surface area contributed by atoms with Gasteiger partial charge in [-0.15, -0.1) is 0 Å². The molecule has 1 aromatic rings. The van der Waals surface area contributed by atoms with Crippen LogP contribution in [-0.2, 0) is 0 Å². The van der Waals surface area contributed by atoms with Crippen molar-refractivity contribution in [3.8, 4) is 12.1 Å². The molecule has 6 nitrogen and oxygen atoms in total. The van der Waals surface area contributed by atoms with Gasteiger partial charge in [-0.25, -0.2) is 0 Å². The molecule has 154 valence electrons. The van der Waals surface area contributed by atoms with Crippen molar-refractivity contribution >= 4 is 11.5 Å². The molecule has 2 aliphatic rings. The van der Waals surface area contributed by atoms with Gasteiger partial charge in [-0.1, -0.05) is 24.6 Å². The first-order valence-corrected chi connectivity index (χ1v) is 10.8. The van der Waals surface area contributed by atoms with Crippen LogP contribution in [0, 0.1) is 28.6 Å². The lowest BCUT2D eigenvalue weighted by Crippen LogP contribution is -2.47. The predicted molar refractivity (Wildman–Crippen MR) is 117 cm³/mol. The molecule has 0 saturated carbocycles. The van der Waals surface area contributed by atoms with E-state index in [0.717, 1.165) is 45.6 Å². The van der Waals surface area contributed by atoms with Crippen LogP contribution in [0.25, 0.3) is 0 Å². The highest BCUT2D eigenvalue weighted by molar-refractivity contribution is 5.89. The monoisotopic (exact) mass is 392 g/mol. The maximum absolute atomic E-state index is 9.47. The van der Waals surface area contributed by atoms with Gasteiger partial charge < -0.3 is 14.7 Å². The van der Waals surface area contributed by atoms with Gasteiger partial charge >= 0.3 is 0 Å². The summed E-state index contributed by atoms with van der Waals surface area (Å²) in [5, 5.41) is 18.9. The maximum atomic E-state index is 9.47. The van der Waals surface area contributed by atoms with E-state index < -0.39 is 5.92 Å². The molecular weight excluding hydrogens is 360 g/mol. The Bertz CT molecular complexity index is 719. The highest BCUT2D eigenvalue weighted by Crippen LogP contribution is 2.23. The number of likely N-dealkylation sites (tertiary alicyclic amines) is 2. The van der Waals surface area contributed by atoms with Crippen LogP contribution in [0.5, 0.6) is 0 Å². The SMILES string of the molecule is CN(c1ccccc1)C1CCN(C(=NCCN2CCCCC2)C(C#N)C#N)CC1. The van der Waals surface area contributed by atoms with Crippen LogP contribution in [0.4, 0.5) is 5.69 Å². The molecule has 0 amide bonds. The van der Waals surface area contributed by atoms with Gasteiger partial charge in [0, 0.05) is 38.4 Å². The van der Waals surface area contributed by atoms with Gasteiger partial charge in [0.25, 0.3) is 0 Å². The molecule has 1 aromatic carbocycles. The summed E-state index contributed by atoms with van der Waals surface area (Å²) in [5.41, 5.74) is 1.23. The van der Waals surface area contributed by atoms with Gasteiger partial charge in [0.05, 0.1) is 18.7 Å². The van der Waals surface area contributed by atoms with Crippen LogP contribution in [0.1, 0.15) is 32.1 Å². The van der Waals surface area contributed by atoms with Gasteiger partial charge in [-0.2, -0.15) is 10.5 Å². The Morgan fingerprint density at radius 2 is 1.72 bits per heavy atom. The number of para-hydroxylation sites is 1. The summed E-state index contributed by atoms with van der Waals surface area (Å²) in [6.07, 6.45) is 5.85. The summed E-state index contributed by atoms with van der Waals surface area (Å²) in [7, 11) is 2.15. The van der Waals surface area contributed by atoms with Crippen LogP contribution in [0.3, 0.4) is 0 Å². The number of hydrogen-bond donors (Lipinski definition) is 0. The summed E-state index contributed by atoms with van der Waals surface area (Å²) in [6, 6.07) is 15.2. The van der Waals surface area contributed by atoms with Crippen LogP contribution in [-0.4, -0.2) is 68.0 Å². The molecule has 2 aliphatic heterocycles. The number of amidine groups is 1. The Labute approximate surface area is 175 Å². The largest absolute Gasteiger partial charge is 0.371 e. The summed E-state index contributed by atoms with van der Waals surface area (Å²) in [4.78, 5) is 11.7. The first kappa shape index (κ1) is 21.1. The quantitative estimate of drug-likeness (QED) is 0.549. The molecule has 2 saturated heterocycles. The summed E-state index contributed by atoms with van der Waals surface area (Å²) in [6.45, 7) is 5.54. The second kappa shape index (κ2) is 10.8. The number of nitrogens with zero attached hydrogens (tertiary/aromatic N) is 6. The smallest absolute Gasteiger partial charge is 0.189 e. The van der Waals surface area contributed by atoms with E-state index in [1.165, 1.54) is 24.9 Å². The molecule has 2 heterocycles. The molecule has 3 rings (SSSR count). The third-order valence-corrected chi connectivity index (χ3v) is 6.15. The van der Waals surface area contributed by atoms with E-state index in [0.29, 0.717) is 18.4 Å². The molecule has 0 aliphatic carbocycles. The average Bonchev–Trinajstić information content (AvgIpc) is 2.80. The van der Waals surface area contributed by atoms with E-state index in [4.69, 9.17) is 4.99 Å². The predicted octanol–water partition coefficient (Wildman–Crippen LogP) is 3.13. The lowest BCUT2D eigenvalue weighted by atomic mass is 10.0. The zero-order valence-corrected chi connectivity index (χ0v) is 17.5. The number of anilines is 1. The van der Waals surface area contributed by atoms with Crippen LogP contribution >= 0.6 is 0 Å². The Kier molecular flexibility index (Phi) is 7.90. The fourth-order valence-corrected chi connectivity index (χ4v) is 4.36. The van der Waals surface area contributed by atoms with E-state index in [9.17, 15) is 10.5 Å². The van der Waals surface area contributed by atoms with Crippen molar-refractivity contribution in [3.63, 3.8) is 0 Å². The molecular formula is C23H32N6. The Balaban J connectivity index is 1.59. The lowest BCUT2D eigenvalue weighted by Gasteiger charge is -2.39. The molecule has 0 radical (unpaired) electrons. The van der Waals surface area contributed by atoms with Gasteiger partial charge in [0.15, 0.2) is 5.92 Å². The van der Waals surface area contributed by atoms with Crippen molar-refractivity contribution in [1.29, 1.82) is 10.5 Å². The molecule has 0 N–H and O–H groups in total. The van der Waals surface area contributed by atoms with Crippen molar-refractivity contribution < 1.29 is 0 Å². The summed E-state index contributed by atoms with van der Waals surface area (Å²) < 4.78 is 0. The Hall–Kier alpha value is -2.57. The third kappa shape index (κ3) is 5.71. The first-order valence-electron chi connectivity index (χ1n) is 10.8. The summed E-state index contributed by atoms with van der Waals surface area (Å²) in [5.74, 6) is -0.104. The fourth-order valence-electron chi connectivity index (χ4n) is 4.36. The molecule has 0 atom stereocenters. The number of aliphatic imine (C=N–C) groups is 1. The summed E-state index contributed by atoms with van der Waals surface area (Å²) >= 11 is 0. The van der Waals surface area contributed by atoms with Gasteiger partial charge in [0.2, 0.25) is 0 Å². The van der Waals surface area contributed by atoms with Crippen molar-refractivity contribution in [3.05, 3.63) is 30.3 Å². The number of piperidine rings is 2. The number of nitriles is 2. The molecule has 0 aromatic heterocycles. The van der Waals surface area contributed by atoms with Crippen LogP contribution in [0.15, 0.2) is 35.3 Å². The normalized spacial score (nSPS) is 19.0. The van der Waals surface area contributed by atoms with Gasteiger partial charge in [0.1, 0.15) is 5.84 Å². The zero-order valence-electron chi connectivity index (χ0n) is 17.5. The van der Waals surface area contributed by atoms with E-state index >= 15 is 0 Å². The fraction of sp³-hybridized carbons (Fsp3) is 0.609. The molecule has 2 fully saturated rings. The minimum Gasteiger partial charge on any atom is -0.371 e. The van der Waals surface area contributed by atoms with Gasteiger partial charge in [-0.05, 0) is 50.9 Å². The third-order valence-electron chi connectivity index (χ3n) is 6.15. The molecule has 6 heteroatoms. The topological polar surface area (TPSA) is 69.7 Å². The van der Waals surface area contributed by atoms with Crippen LogP contribution in [0.2, 0.25) is 0 Å². The molecule has 29 heavy (non-hydrogen) atoms. The van der Waals surface area contributed by atoms with E-state index in [1.807, 2.05) is 6.07 Å². The van der Waals surface area contributed by atoms with E-state index in [1.54, 1.807) is 0 Å². The number of benzene rings is 1. The van der Waals surface area contributed by atoms with Crippen molar-refractivity contribution in [2.24, 2.45) is 10.9 Å². The van der Waals surface area contributed by atoms with Gasteiger partial charge in [-0.3, -0.25) is 4.99 Å². The average molecular weight is 393 g/mol. The first-order chi connectivity index (χ1) is 14.2. The number of rotatable bonds is 6. The highest BCUT2D eigenvalue weighted by Gasteiger charge is 2.28. The Morgan fingerprint density at radius 3 is 2.34 bits per heavy atom. The molecule has 0 bridgehead atoms. The van der Waals surface area contributed by atoms with Crippen molar-refractivity contribution in [2.75, 3.05) is 51.2 Å². The Morgan fingerprint density at radius 1 is 1.07 bits per heavy atom. The molecule has 0 unspecified atom stereocenters. The second-order valence-corrected chi connectivity index (χ2v) is 8.00. The molecule has 0 spiro atoms. The second-order valence-electron chi connectivity index (χ2n) is 8.00. The maximum Gasteiger partial charge on any atom is 0.189 e. The minimum absolute atomic E-state index is 0.464. The van der Waals surface area contributed by atoms with Crippen molar-refractivity contribution in [1.82, 2.24) is 9.80 Å². The van der Waals surface area contributed by atoms with E-state index in [2.05, 4.69) is 58.2 Å². The standard InChI is InChI=1S/C23H32N6/c1-27(21-8-4-2-5-9-21)22-10-15-29(16-11-22)23(20(18-24)19-25)26-12-17-28-13-6-3-7-14-28/h2,4-5,8-9,20,22H,3,6-7,10-17H2,1H3. The van der Waals surface area contributed by atoms with Crippen molar-refractivity contribution in [2.45, 2.75) is 38.1 Å². The lowest BCUT2D eigenvalue weighted by molar-refractivity contribution is 0.234. The zero-order chi connectivity index (χ0) is 20.5.